The van der Waals surface area contributed by atoms with Gasteiger partial charge in [0.15, 0.2) is 9.84 Å². The van der Waals surface area contributed by atoms with Crippen LogP contribution in [0.1, 0.15) is 30.5 Å². The van der Waals surface area contributed by atoms with Gasteiger partial charge in [0.2, 0.25) is 5.91 Å². The summed E-state index contributed by atoms with van der Waals surface area (Å²) in [5.41, 5.74) is 2.91. The van der Waals surface area contributed by atoms with Gasteiger partial charge in [0.05, 0.1) is 23.0 Å². The maximum Gasteiger partial charge on any atom is 0.221 e. The Bertz CT molecular complexity index is 1030. The summed E-state index contributed by atoms with van der Waals surface area (Å²) in [6.45, 7) is 3.77. The highest BCUT2D eigenvalue weighted by atomic mass is 32.2. The molecule has 1 N–H and O–H groups in total. The molecule has 0 aliphatic rings. The molecule has 6 nitrogen and oxygen atoms in total. The molecule has 1 atom stereocenters. The predicted molar refractivity (Wildman–Crippen MR) is 108 cm³/mol. The number of nitrogens with zero attached hydrogens (tertiary/aromatic N) is 2. The number of amides is 1. The largest absolute Gasteiger partial charge is 0.350 e. The lowest BCUT2D eigenvalue weighted by Gasteiger charge is -2.15. The molecule has 3 rings (SSSR count). The molecule has 0 saturated heterocycles. The van der Waals surface area contributed by atoms with E-state index in [0.717, 1.165) is 16.8 Å². The van der Waals surface area contributed by atoms with Crippen LogP contribution in [0.4, 0.5) is 0 Å². The topological polar surface area (TPSA) is 81.1 Å². The monoisotopic (exact) mass is 397 g/mol. The van der Waals surface area contributed by atoms with E-state index in [1.165, 1.54) is 0 Å². The average Bonchev–Trinajstić information content (AvgIpc) is 3.22. The lowest BCUT2D eigenvalue weighted by atomic mass is 10.1. The average molecular weight is 398 g/mol. The number of rotatable bonds is 7. The number of benzene rings is 2. The molecule has 0 fully saturated rings. The van der Waals surface area contributed by atoms with E-state index in [4.69, 9.17) is 0 Å². The van der Waals surface area contributed by atoms with Gasteiger partial charge in [0.25, 0.3) is 0 Å². The molecule has 28 heavy (non-hydrogen) atoms. The maximum absolute atomic E-state index is 12.4. The molecule has 0 radical (unpaired) electrons. The molecule has 1 aromatic heterocycles. The number of carbonyl (C=O) groups is 1. The summed E-state index contributed by atoms with van der Waals surface area (Å²) in [7, 11) is -3.47. The minimum absolute atomic E-state index is 0.0757. The van der Waals surface area contributed by atoms with Crippen LogP contribution in [0.15, 0.2) is 72.1 Å². The second-order valence-corrected chi connectivity index (χ2v) is 8.84. The highest BCUT2D eigenvalue weighted by Gasteiger charge is 2.17. The van der Waals surface area contributed by atoms with Crippen molar-refractivity contribution in [1.29, 1.82) is 0 Å². The lowest BCUT2D eigenvalue weighted by molar-refractivity contribution is -0.121. The summed E-state index contributed by atoms with van der Waals surface area (Å²) in [6, 6.07) is 14.2. The molecular formula is C21H23N3O3S. The number of aromatic nitrogens is 2. The van der Waals surface area contributed by atoms with Gasteiger partial charge < -0.3 is 9.88 Å². The third-order valence-electron chi connectivity index (χ3n) is 4.55. The number of hydrogen-bond acceptors (Lipinski definition) is 4. The summed E-state index contributed by atoms with van der Waals surface area (Å²) >= 11 is 0. The molecule has 0 aliphatic heterocycles. The standard InChI is InChI=1S/C21H23N3O3S/c1-16-3-9-20(10-4-16)28(26,27)14-11-21(25)23-17(2)18-5-7-19(8-6-18)24-13-12-22-15-24/h3-10,12-13,15,17H,11,14H2,1-2H3,(H,23,25)/t17-/m0/s1. The Hall–Kier alpha value is -2.93. The molecule has 0 spiro atoms. The number of aryl methyl sites for hydroxylation is 1. The summed E-state index contributed by atoms with van der Waals surface area (Å²) < 4.78 is 26.6. The minimum atomic E-state index is -3.47. The van der Waals surface area contributed by atoms with Gasteiger partial charge in [-0.2, -0.15) is 0 Å². The number of imidazole rings is 1. The van der Waals surface area contributed by atoms with Crippen molar-refractivity contribution in [3.05, 3.63) is 78.4 Å². The zero-order chi connectivity index (χ0) is 20.1. The van der Waals surface area contributed by atoms with Crippen molar-refractivity contribution < 1.29 is 13.2 Å². The Balaban J connectivity index is 1.56. The van der Waals surface area contributed by atoms with Crippen LogP contribution in [0.25, 0.3) is 5.69 Å². The van der Waals surface area contributed by atoms with Crippen molar-refractivity contribution in [3.63, 3.8) is 0 Å². The van der Waals surface area contributed by atoms with Crippen molar-refractivity contribution >= 4 is 15.7 Å². The number of hydrogen-bond donors (Lipinski definition) is 1. The molecule has 7 heteroatoms. The zero-order valence-corrected chi connectivity index (χ0v) is 16.7. The fraction of sp³-hybridized carbons (Fsp3) is 0.238. The summed E-state index contributed by atoms with van der Waals surface area (Å²) in [4.78, 5) is 16.5. The van der Waals surface area contributed by atoms with Crippen molar-refractivity contribution in [2.45, 2.75) is 31.2 Å². The molecule has 0 unspecified atom stereocenters. The fourth-order valence-corrected chi connectivity index (χ4v) is 4.08. The highest BCUT2D eigenvalue weighted by molar-refractivity contribution is 7.91. The predicted octanol–water partition coefficient (Wildman–Crippen LogP) is 3.22. The molecule has 3 aromatic rings. The van der Waals surface area contributed by atoms with E-state index < -0.39 is 9.84 Å². The molecule has 1 heterocycles. The molecule has 0 aliphatic carbocycles. The van der Waals surface area contributed by atoms with Crippen LogP contribution in [-0.4, -0.2) is 29.6 Å². The lowest BCUT2D eigenvalue weighted by Crippen LogP contribution is -2.28. The van der Waals surface area contributed by atoms with Gasteiger partial charge in [-0.15, -0.1) is 0 Å². The van der Waals surface area contributed by atoms with Crippen LogP contribution in [0.5, 0.6) is 0 Å². The van der Waals surface area contributed by atoms with E-state index in [1.54, 1.807) is 36.8 Å². The van der Waals surface area contributed by atoms with Gasteiger partial charge in [-0.05, 0) is 43.7 Å². The van der Waals surface area contributed by atoms with E-state index in [-0.39, 0.29) is 29.0 Å². The Morgan fingerprint density at radius 2 is 1.79 bits per heavy atom. The fourth-order valence-electron chi connectivity index (χ4n) is 2.83. The first-order valence-corrected chi connectivity index (χ1v) is 10.7. The van der Waals surface area contributed by atoms with Crippen molar-refractivity contribution in [1.82, 2.24) is 14.9 Å². The number of nitrogens with one attached hydrogen (secondary N) is 1. The van der Waals surface area contributed by atoms with Crippen LogP contribution in [0.3, 0.4) is 0 Å². The zero-order valence-electron chi connectivity index (χ0n) is 15.9. The molecular weight excluding hydrogens is 374 g/mol. The Morgan fingerprint density at radius 3 is 2.39 bits per heavy atom. The van der Waals surface area contributed by atoms with Crippen molar-refractivity contribution in [2.24, 2.45) is 0 Å². The Labute approximate surface area is 165 Å². The first-order valence-electron chi connectivity index (χ1n) is 9.02. The second-order valence-electron chi connectivity index (χ2n) is 6.73. The van der Waals surface area contributed by atoms with Crippen LogP contribution in [0.2, 0.25) is 0 Å². The third-order valence-corrected chi connectivity index (χ3v) is 6.28. The van der Waals surface area contributed by atoms with Gasteiger partial charge in [-0.25, -0.2) is 13.4 Å². The van der Waals surface area contributed by atoms with Crippen molar-refractivity contribution in [2.75, 3.05) is 5.75 Å². The summed E-state index contributed by atoms with van der Waals surface area (Å²) in [6.07, 6.45) is 5.21. The van der Waals surface area contributed by atoms with Gasteiger partial charge >= 0.3 is 0 Å². The third kappa shape index (κ3) is 4.86. The Morgan fingerprint density at radius 1 is 1.11 bits per heavy atom. The second kappa shape index (κ2) is 8.39. The summed E-state index contributed by atoms with van der Waals surface area (Å²) in [5, 5.41) is 2.86. The van der Waals surface area contributed by atoms with E-state index in [2.05, 4.69) is 10.3 Å². The van der Waals surface area contributed by atoms with Crippen LogP contribution >= 0.6 is 0 Å². The maximum atomic E-state index is 12.4. The quantitative estimate of drug-likeness (QED) is 0.664. The van der Waals surface area contributed by atoms with E-state index in [1.807, 2.05) is 48.9 Å². The first-order chi connectivity index (χ1) is 13.3. The van der Waals surface area contributed by atoms with Crippen LogP contribution < -0.4 is 5.32 Å². The number of sulfone groups is 1. The molecule has 0 bridgehead atoms. The van der Waals surface area contributed by atoms with Gasteiger partial charge in [-0.1, -0.05) is 29.8 Å². The number of carbonyl (C=O) groups excluding carboxylic acids is 1. The minimum Gasteiger partial charge on any atom is -0.350 e. The SMILES string of the molecule is Cc1ccc(S(=O)(=O)CCC(=O)N[C@@H](C)c2ccc(-n3ccnc3)cc2)cc1. The van der Waals surface area contributed by atoms with E-state index in [0.29, 0.717) is 0 Å². The van der Waals surface area contributed by atoms with E-state index in [9.17, 15) is 13.2 Å². The molecule has 146 valence electrons. The molecule has 1 amide bonds. The smallest absolute Gasteiger partial charge is 0.221 e. The van der Waals surface area contributed by atoms with Gasteiger partial charge in [0, 0.05) is 24.5 Å². The van der Waals surface area contributed by atoms with Crippen LogP contribution in [-0.2, 0) is 14.6 Å². The molecule has 2 aromatic carbocycles. The first kappa shape index (κ1) is 19.8. The van der Waals surface area contributed by atoms with Gasteiger partial charge in [0.1, 0.15) is 0 Å². The molecule has 0 saturated carbocycles. The van der Waals surface area contributed by atoms with Crippen LogP contribution in [0, 0.1) is 6.92 Å². The normalized spacial score (nSPS) is 12.5. The van der Waals surface area contributed by atoms with E-state index >= 15 is 0 Å². The van der Waals surface area contributed by atoms with Gasteiger partial charge in [-0.3, -0.25) is 4.79 Å². The Kier molecular flexibility index (Phi) is 5.94. The van der Waals surface area contributed by atoms with Crippen molar-refractivity contribution in [3.8, 4) is 5.69 Å². The highest BCUT2D eigenvalue weighted by Crippen LogP contribution is 2.17. The summed E-state index contributed by atoms with van der Waals surface area (Å²) in [5.74, 6) is -0.504.